The lowest BCUT2D eigenvalue weighted by Gasteiger charge is -2.10. The first-order chi connectivity index (χ1) is 8.41. The zero-order chi connectivity index (χ0) is 13.3. The fraction of sp³-hybridized carbons (Fsp3) is 0.308. The lowest BCUT2D eigenvalue weighted by molar-refractivity contribution is -0.137. The van der Waals surface area contributed by atoms with E-state index in [0.717, 1.165) is 28.8 Å². The van der Waals surface area contributed by atoms with Gasteiger partial charge in [-0.15, -0.1) is 0 Å². The quantitative estimate of drug-likeness (QED) is 0.894. The molecular formula is C13H13F3N2. The minimum Gasteiger partial charge on any atom is -0.330 e. The number of nitrogens with zero attached hydrogens (tertiary/aromatic N) is 1. The summed E-state index contributed by atoms with van der Waals surface area (Å²) in [6, 6.07) is 5.50. The second kappa shape index (κ2) is 4.57. The van der Waals surface area contributed by atoms with Gasteiger partial charge in [0.05, 0.1) is 11.1 Å². The van der Waals surface area contributed by atoms with Crippen molar-refractivity contribution in [2.45, 2.75) is 19.5 Å². The Hall–Kier alpha value is -1.62. The molecule has 0 aliphatic heterocycles. The number of benzene rings is 1. The first-order valence-corrected chi connectivity index (χ1v) is 5.59. The average Bonchev–Trinajstić information content (AvgIpc) is 2.27. The lowest BCUT2D eigenvalue weighted by atomic mass is 10.1. The second-order valence-corrected chi connectivity index (χ2v) is 4.20. The van der Waals surface area contributed by atoms with Crippen molar-refractivity contribution in [2.75, 3.05) is 6.54 Å². The molecule has 0 amide bonds. The van der Waals surface area contributed by atoms with E-state index in [9.17, 15) is 13.2 Å². The van der Waals surface area contributed by atoms with Gasteiger partial charge < -0.3 is 5.73 Å². The molecule has 18 heavy (non-hydrogen) atoms. The normalized spacial score (nSPS) is 12.1. The van der Waals surface area contributed by atoms with Crippen LogP contribution in [0.4, 0.5) is 13.2 Å². The molecule has 5 heteroatoms. The predicted molar refractivity (Wildman–Crippen MR) is 64.2 cm³/mol. The first kappa shape index (κ1) is 12.8. The summed E-state index contributed by atoms with van der Waals surface area (Å²) in [4.78, 5) is 4.22. The van der Waals surface area contributed by atoms with E-state index in [-0.39, 0.29) is 0 Å². The van der Waals surface area contributed by atoms with Crippen LogP contribution >= 0.6 is 0 Å². The number of halogens is 3. The summed E-state index contributed by atoms with van der Waals surface area (Å²) in [5.41, 5.74) is 6.77. The van der Waals surface area contributed by atoms with Crippen molar-refractivity contribution in [1.29, 1.82) is 0 Å². The van der Waals surface area contributed by atoms with Gasteiger partial charge in [0, 0.05) is 17.5 Å². The van der Waals surface area contributed by atoms with Crippen molar-refractivity contribution >= 4 is 10.9 Å². The van der Waals surface area contributed by atoms with Gasteiger partial charge in [-0.3, -0.25) is 4.98 Å². The van der Waals surface area contributed by atoms with Gasteiger partial charge in [-0.1, -0.05) is 6.07 Å². The number of fused-ring (bicyclic) bond motifs is 1. The topological polar surface area (TPSA) is 38.9 Å². The maximum atomic E-state index is 12.6. The first-order valence-electron chi connectivity index (χ1n) is 5.59. The number of pyridine rings is 1. The molecule has 0 bridgehead atoms. The van der Waals surface area contributed by atoms with Gasteiger partial charge in [-0.25, -0.2) is 0 Å². The van der Waals surface area contributed by atoms with Crippen LogP contribution in [0.5, 0.6) is 0 Å². The van der Waals surface area contributed by atoms with Gasteiger partial charge in [0.15, 0.2) is 0 Å². The molecule has 0 aliphatic carbocycles. The molecule has 0 aliphatic rings. The fourth-order valence-electron chi connectivity index (χ4n) is 1.92. The summed E-state index contributed by atoms with van der Waals surface area (Å²) >= 11 is 0. The van der Waals surface area contributed by atoms with E-state index in [1.807, 2.05) is 13.0 Å². The van der Waals surface area contributed by atoms with Crippen LogP contribution in [0.1, 0.15) is 16.8 Å². The number of nitrogens with two attached hydrogens (primary N) is 1. The monoisotopic (exact) mass is 254 g/mol. The predicted octanol–water partition coefficient (Wildman–Crippen LogP) is 3.06. The van der Waals surface area contributed by atoms with Crippen molar-refractivity contribution in [3.05, 3.63) is 41.1 Å². The van der Waals surface area contributed by atoms with Crippen LogP contribution in [0.3, 0.4) is 0 Å². The summed E-state index contributed by atoms with van der Waals surface area (Å²) in [6.07, 6.45) is -3.78. The zero-order valence-electron chi connectivity index (χ0n) is 9.88. The van der Waals surface area contributed by atoms with Crippen molar-refractivity contribution in [2.24, 2.45) is 5.73 Å². The maximum Gasteiger partial charge on any atom is 0.416 e. The van der Waals surface area contributed by atoms with Gasteiger partial charge in [0.2, 0.25) is 0 Å². The van der Waals surface area contributed by atoms with Crippen LogP contribution in [0, 0.1) is 6.92 Å². The average molecular weight is 254 g/mol. The van der Waals surface area contributed by atoms with E-state index in [0.29, 0.717) is 18.5 Å². The molecule has 2 nitrogen and oxygen atoms in total. The summed E-state index contributed by atoms with van der Waals surface area (Å²) in [5, 5.41) is 0.740. The molecule has 1 aromatic carbocycles. The zero-order valence-corrected chi connectivity index (χ0v) is 9.88. The van der Waals surface area contributed by atoms with Crippen LogP contribution in [0.15, 0.2) is 24.3 Å². The lowest BCUT2D eigenvalue weighted by Crippen LogP contribution is -2.07. The standard InChI is InChI=1S/C13H13F3N2/c1-8-6-10(4-5-17)18-12-7-9(13(14,15)16)2-3-11(8)12/h2-3,6-7H,4-5,17H2,1H3. The molecule has 2 N–H and O–H groups in total. The van der Waals surface area contributed by atoms with Gasteiger partial charge in [0.1, 0.15) is 0 Å². The Bertz CT molecular complexity index is 576. The van der Waals surface area contributed by atoms with Gasteiger partial charge in [0.25, 0.3) is 0 Å². The Labute approximate surface area is 103 Å². The maximum absolute atomic E-state index is 12.6. The van der Waals surface area contributed by atoms with E-state index in [1.165, 1.54) is 6.07 Å². The fourth-order valence-corrected chi connectivity index (χ4v) is 1.92. The molecule has 0 saturated carbocycles. The van der Waals surface area contributed by atoms with Gasteiger partial charge in [-0.05, 0) is 37.2 Å². The Morgan fingerprint density at radius 1 is 1.22 bits per heavy atom. The smallest absolute Gasteiger partial charge is 0.330 e. The SMILES string of the molecule is Cc1cc(CCN)nc2cc(C(F)(F)F)ccc12. The summed E-state index contributed by atoms with van der Waals surface area (Å²) in [6.45, 7) is 2.29. The minimum atomic E-state index is -4.34. The molecule has 1 heterocycles. The number of hydrogen-bond acceptors (Lipinski definition) is 2. The molecular weight excluding hydrogens is 241 g/mol. The molecule has 96 valence electrons. The highest BCUT2D eigenvalue weighted by Crippen LogP contribution is 2.31. The van der Waals surface area contributed by atoms with E-state index in [1.54, 1.807) is 0 Å². The number of aryl methyl sites for hydroxylation is 1. The number of aromatic nitrogens is 1. The molecule has 0 radical (unpaired) electrons. The summed E-state index contributed by atoms with van der Waals surface area (Å²) in [7, 11) is 0. The molecule has 0 atom stereocenters. The largest absolute Gasteiger partial charge is 0.416 e. The van der Waals surface area contributed by atoms with Gasteiger partial charge in [-0.2, -0.15) is 13.2 Å². The molecule has 1 aromatic heterocycles. The van der Waals surface area contributed by atoms with Gasteiger partial charge >= 0.3 is 6.18 Å². The Kier molecular flexibility index (Phi) is 3.26. The summed E-state index contributed by atoms with van der Waals surface area (Å²) < 4.78 is 37.9. The minimum absolute atomic E-state index is 0.369. The highest BCUT2D eigenvalue weighted by atomic mass is 19.4. The van der Waals surface area contributed by atoms with E-state index >= 15 is 0 Å². The molecule has 0 unspecified atom stereocenters. The third kappa shape index (κ3) is 2.46. The number of hydrogen-bond donors (Lipinski definition) is 1. The van der Waals surface area contributed by atoms with E-state index in [4.69, 9.17) is 5.73 Å². The van der Waals surface area contributed by atoms with Crippen LogP contribution in [0.25, 0.3) is 10.9 Å². The molecule has 0 saturated heterocycles. The highest BCUT2D eigenvalue weighted by molar-refractivity contribution is 5.83. The highest BCUT2D eigenvalue weighted by Gasteiger charge is 2.30. The van der Waals surface area contributed by atoms with E-state index < -0.39 is 11.7 Å². The molecule has 0 fully saturated rings. The number of rotatable bonds is 2. The Balaban J connectivity index is 2.60. The van der Waals surface area contributed by atoms with E-state index in [2.05, 4.69) is 4.98 Å². The van der Waals surface area contributed by atoms with Crippen molar-refractivity contribution < 1.29 is 13.2 Å². The van der Waals surface area contributed by atoms with Crippen molar-refractivity contribution in [3.8, 4) is 0 Å². The molecule has 0 spiro atoms. The van der Waals surface area contributed by atoms with Crippen LogP contribution in [-0.4, -0.2) is 11.5 Å². The number of alkyl halides is 3. The Morgan fingerprint density at radius 3 is 2.56 bits per heavy atom. The Morgan fingerprint density at radius 2 is 1.94 bits per heavy atom. The van der Waals surface area contributed by atoms with Crippen molar-refractivity contribution in [1.82, 2.24) is 4.98 Å². The molecule has 2 aromatic rings. The van der Waals surface area contributed by atoms with Crippen LogP contribution in [0.2, 0.25) is 0 Å². The third-order valence-electron chi connectivity index (χ3n) is 2.80. The van der Waals surface area contributed by atoms with Crippen LogP contribution in [-0.2, 0) is 12.6 Å². The second-order valence-electron chi connectivity index (χ2n) is 4.20. The summed E-state index contributed by atoms with van der Waals surface area (Å²) in [5.74, 6) is 0. The van der Waals surface area contributed by atoms with Crippen molar-refractivity contribution in [3.63, 3.8) is 0 Å². The third-order valence-corrected chi connectivity index (χ3v) is 2.80. The van der Waals surface area contributed by atoms with Crippen LogP contribution < -0.4 is 5.73 Å². The molecule has 2 rings (SSSR count).